The molecular weight excluding hydrogens is 170 g/mol. The summed E-state index contributed by atoms with van der Waals surface area (Å²) in [6.45, 7) is 0. The molecule has 0 amide bonds. The number of thiocarbonyl (C=S) groups is 1. The molecule has 1 aromatic rings. The Balaban J connectivity index is 2.35. The highest BCUT2D eigenvalue weighted by Gasteiger charge is 1.95. The van der Waals surface area contributed by atoms with Crippen LogP contribution in [0.15, 0.2) is 11.5 Å². The summed E-state index contributed by atoms with van der Waals surface area (Å²) in [6.07, 6.45) is 1.48. The van der Waals surface area contributed by atoms with Crippen LogP contribution in [0.4, 0.5) is 0 Å². The van der Waals surface area contributed by atoms with Crippen LogP contribution in [0.1, 0.15) is 0 Å². The normalized spacial score (nSPS) is 9.20. The SMILES string of the molecule is NC(=S)NSc1nc[nH]n1. The summed E-state index contributed by atoms with van der Waals surface area (Å²) in [5.74, 6) is 0. The Bertz CT molecular complexity index is 207. The molecule has 0 saturated carbocycles. The number of aromatic nitrogens is 3. The largest absolute Gasteiger partial charge is 0.376 e. The average molecular weight is 175 g/mol. The predicted octanol–water partition coefficient (Wildman–Crippen LogP) is -0.355. The Labute approximate surface area is 66.9 Å². The van der Waals surface area contributed by atoms with Crippen molar-refractivity contribution in [2.45, 2.75) is 5.16 Å². The lowest BCUT2D eigenvalue weighted by Crippen LogP contribution is -2.22. The third kappa shape index (κ3) is 2.19. The van der Waals surface area contributed by atoms with Gasteiger partial charge in [-0.25, -0.2) is 4.98 Å². The molecule has 0 unspecified atom stereocenters. The highest BCUT2D eigenvalue weighted by molar-refractivity contribution is 7.98. The van der Waals surface area contributed by atoms with E-state index >= 15 is 0 Å². The van der Waals surface area contributed by atoms with Crippen molar-refractivity contribution in [3.05, 3.63) is 6.33 Å². The third-order valence-electron chi connectivity index (χ3n) is 0.636. The van der Waals surface area contributed by atoms with E-state index < -0.39 is 0 Å². The number of H-pyrrole nitrogens is 1. The van der Waals surface area contributed by atoms with E-state index in [1.165, 1.54) is 18.3 Å². The van der Waals surface area contributed by atoms with Gasteiger partial charge in [-0.2, -0.15) is 0 Å². The highest BCUT2D eigenvalue weighted by atomic mass is 32.2. The van der Waals surface area contributed by atoms with Crippen LogP contribution in [0.25, 0.3) is 0 Å². The van der Waals surface area contributed by atoms with Crippen LogP contribution in [-0.4, -0.2) is 20.3 Å². The van der Waals surface area contributed by atoms with Gasteiger partial charge >= 0.3 is 0 Å². The van der Waals surface area contributed by atoms with Crippen LogP contribution in [0.3, 0.4) is 0 Å². The van der Waals surface area contributed by atoms with Crippen molar-refractivity contribution in [1.29, 1.82) is 0 Å². The van der Waals surface area contributed by atoms with Crippen molar-refractivity contribution in [2.75, 3.05) is 0 Å². The van der Waals surface area contributed by atoms with E-state index in [2.05, 4.69) is 32.1 Å². The van der Waals surface area contributed by atoms with E-state index in [4.69, 9.17) is 5.73 Å². The maximum Gasteiger partial charge on any atom is 0.228 e. The van der Waals surface area contributed by atoms with Crippen LogP contribution in [0.2, 0.25) is 0 Å². The summed E-state index contributed by atoms with van der Waals surface area (Å²) < 4.78 is 2.63. The fourth-order valence-corrected chi connectivity index (χ4v) is 0.863. The van der Waals surface area contributed by atoms with Gasteiger partial charge in [0.2, 0.25) is 5.16 Å². The molecule has 0 spiro atoms. The van der Waals surface area contributed by atoms with E-state index in [1.54, 1.807) is 0 Å². The number of aromatic amines is 1. The Kier molecular flexibility index (Phi) is 2.46. The first-order chi connectivity index (χ1) is 4.79. The molecule has 0 saturated heterocycles. The van der Waals surface area contributed by atoms with Crippen molar-refractivity contribution < 1.29 is 0 Å². The second-order valence-electron chi connectivity index (χ2n) is 1.35. The molecule has 4 N–H and O–H groups in total. The van der Waals surface area contributed by atoms with Gasteiger partial charge in [0.15, 0.2) is 5.11 Å². The molecule has 7 heteroatoms. The number of rotatable bonds is 2. The zero-order valence-electron chi connectivity index (χ0n) is 4.87. The number of nitrogens with two attached hydrogens (primary N) is 1. The Morgan fingerprint density at radius 1 is 1.90 bits per heavy atom. The summed E-state index contributed by atoms with van der Waals surface area (Å²) in [5, 5.41) is 7.06. The second kappa shape index (κ2) is 3.37. The molecule has 0 aromatic carbocycles. The van der Waals surface area contributed by atoms with Crippen molar-refractivity contribution in [1.82, 2.24) is 19.9 Å². The van der Waals surface area contributed by atoms with Crippen molar-refractivity contribution in [3.8, 4) is 0 Å². The van der Waals surface area contributed by atoms with Crippen LogP contribution in [0, 0.1) is 0 Å². The zero-order chi connectivity index (χ0) is 7.40. The highest BCUT2D eigenvalue weighted by Crippen LogP contribution is 2.03. The van der Waals surface area contributed by atoms with Crippen molar-refractivity contribution in [2.24, 2.45) is 5.73 Å². The van der Waals surface area contributed by atoms with E-state index in [1.807, 2.05) is 0 Å². The summed E-state index contributed by atoms with van der Waals surface area (Å²) in [6, 6.07) is 0. The summed E-state index contributed by atoms with van der Waals surface area (Å²) in [5.41, 5.74) is 5.14. The second-order valence-corrected chi connectivity index (χ2v) is 2.56. The van der Waals surface area contributed by atoms with Crippen molar-refractivity contribution in [3.63, 3.8) is 0 Å². The molecule has 0 fully saturated rings. The van der Waals surface area contributed by atoms with Gasteiger partial charge in [0.25, 0.3) is 0 Å². The van der Waals surface area contributed by atoms with Gasteiger partial charge in [-0.15, -0.1) is 5.10 Å². The topological polar surface area (TPSA) is 79.6 Å². The van der Waals surface area contributed by atoms with Gasteiger partial charge in [-0.05, 0) is 12.2 Å². The number of hydrogen-bond donors (Lipinski definition) is 3. The lowest BCUT2D eigenvalue weighted by molar-refractivity contribution is 0.972. The number of nitrogens with zero attached hydrogens (tertiary/aromatic N) is 2. The van der Waals surface area contributed by atoms with E-state index in [-0.39, 0.29) is 5.11 Å². The van der Waals surface area contributed by atoms with Crippen LogP contribution >= 0.6 is 24.2 Å². The molecule has 0 aliphatic heterocycles. The predicted molar refractivity (Wildman–Crippen MR) is 42.2 cm³/mol. The van der Waals surface area contributed by atoms with Gasteiger partial charge in [0.05, 0.1) is 0 Å². The summed E-state index contributed by atoms with van der Waals surface area (Å²) >= 11 is 5.71. The Hall–Kier alpha value is -0.820. The first-order valence-corrected chi connectivity index (χ1v) is 3.59. The summed E-state index contributed by atoms with van der Waals surface area (Å²) in [4.78, 5) is 3.81. The summed E-state index contributed by atoms with van der Waals surface area (Å²) in [7, 11) is 0. The fraction of sp³-hybridized carbons (Fsp3) is 0. The minimum Gasteiger partial charge on any atom is -0.376 e. The van der Waals surface area contributed by atoms with Gasteiger partial charge in [0, 0.05) is 11.9 Å². The lowest BCUT2D eigenvalue weighted by atomic mass is 11.3. The van der Waals surface area contributed by atoms with E-state index in [0.29, 0.717) is 5.16 Å². The smallest absolute Gasteiger partial charge is 0.228 e. The molecule has 1 aromatic heterocycles. The van der Waals surface area contributed by atoms with Crippen LogP contribution in [0.5, 0.6) is 0 Å². The minimum atomic E-state index is 0.217. The number of hydrogen-bond acceptors (Lipinski definition) is 4. The van der Waals surface area contributed by atoms with Gasteiger partial charge in [-0.3, -0.25) is 5.10 Å². The molecule has 1 rings (SSSR count). The minimum absolute atomic E-state index is 0.217. The zero-order valence-corrected chi connectivity index (χ0v) is 6.50. The molecule has 0 radical (unpaired) electrons. The maximum absolute atomic E-state index is 5.14. The van der Waals surface area contributed by atoms with Crippen molar-refractivity contribution >= 4 is 29.3 Å². The maximum atomic E-state index is 5.14. The Morgan fingerprint density at radius 3 is 3.20 bits per heavy atom. The molecular formula is C3H5N5S2. The van der Waals surface area contributed by atoms with Gasteiger partial charge in [0.1, 0.15) is 6.33 Å². The standard InChI is InChI=1S/C3H5N5S2/c4-2(9)8-10-3-5-1-6-7-3/h1H,(H3,4,8,9)(H,5,6,7). The fourth-order valence-electron chi connectivity index (χ4n) is 0.342. The molecule has 10 heavy (non-hydrogen) atoms. The van der Waals surface area contributed by atoms with Gasteiger partial charge < -0.3 is 10.5 Å². The Morgan fingerprint density at radius 2 is 2.70 bits per heavy atom. The molecule has 0 atom stereocenters. The molecule has 1 heterocycles. The third-order valence-corrected chi connectivity index (χ3v) is 1.57. The number of nitrogens with one attached hydrogen (secondary N) is 2. The molecule has 0 aliphatic rings. The first-order valence-electron chi connectivity index (χ1n) is 2.37. The van der Waals surface area contributed by atoms with Gasteiger partial charge in [-0.1, -0.05) is 0 Å². The molecule has 0 bridgehead atoms. The quantitative estimate of drug-likeness (QED) is 0.421. The van der Waals surface area contributed by atoms with Crippen LogP contribution in [-0.2, 0) is 0 Å². The first kappa shape index (κ1) is 7.29. The molecule has 5 nitrogen and oxygen atoms in total. The average Bonchev–Trinajstić information content (AvgIpc) is 2.34. The monoisotopic (exact) mass is 175 g/mol. The lowest BCUT2D eigenvalue weighted by Gasteiger charge is -1.95. The molecule has 0 aliphatic carbocycles. The molecule has 54 valence electrons. The van der Waals surface area contributed by atoms with E-state index in [9.17, 15) is 0 Å². The van der Waals surface area contributed by atoms with E-state index in [0.717, 1.165) is 0 Å². The van der Waals surface area contributed by atoms with Crippen LogP contribution < -0.4 is 10.5 Å².